The molecule has 0 bridgehead atoms. The molecule has 0 heterocycles. The summed E-state index contributed by atoms with van der Waals surface area (Å²) in [4.78, 5) is 12.3. The fourth-order valence-corrected chi connectivity index (χ4v) is 2.94. The number of rotatable bonds is 7. The number of hydrogen-bond donors (Lipinski definition) is 1. The molecule has 0 aliphatic carbocycles. The van der Waals surface area contributed by atoms with Crippen LogP contribution in [0.25, 0.3) is 10.8 Å². The normalized spacial score (nSPS) is 12.0. The van der Waals surface area contributed by atoms with E-state index in [0.29, 0.717) is 5.75 Å². The third-order valence-electron chi connectivity index (χ3n) is 4.24. The van der Waals surface area contributed by atoms with Crippen molar-refractivity contribution in [2.75, 3.05) is 6.61 Å². The average molecular weight is 363 g/mol. The molecule has 0 aromatic heterocycles. The van der Waals surface area contributed by atoms with Gasteiger partial charge in [-0.05, 0) is 49.9 Å². The maximum absolute atomic E-state index is 12.3. The van der Waals surface area contributed by atoms with Crippen molar-refractivity contribution >= 4 is 16.7 Å². The van der Waals surface area contributed by atoms with E-state index in [-0.39, 0.29) is 24.7 Å². The van der Waals surface area contributed by atoms with Crippen LogP contribution in [0, 0.1) is 0 Å². The largest absolute Gasteiger partial charge is 0.491 e. The zero-order valence-electron chi connectivity index (χ0n) is 15.9. The first-order chi connectivity index (χ1) is 13.0. The lowest BCUT2D eigenvalue weighted by Gasteiger charge is -2.16. The van der Waals surface area contributed by atoms with E-state index in [0.717, 1.165) is 22.1 Å². The third-order valence-corrected chi connectivity index (χ3v) is 4.24. The van der Waals surface area contributed by atoms with Crippen molar-refractivity contribution in [1.82, 2.24) is 5.32 Å². The van der Waals surface area contributed by atoms with Crippen molar-refractivity contribution in [2.24, 2.45) is 0 Å². The van der Waals surface area contributed by atoms with E-state index in [4.69, 9.17) is 9.47 Å². The summed E-state index contributed by atoms with van der Waals surface area (Å²) in [5.41, 5.74) is 1.02. The maximum Gasteiger partial charge on any atom is 0.258 e. The summed E-state index contributed by atoms with van der Waals surface area (Å²) in [6.45, 7) is 5.92. The van der Waals surface area contributed by atoms with Crippen LogP contribution < -0.4 is 14.8 Å². The molecule has 0 aliphatic rings. The van der Waals surface area contributed by atoms with Gasteiger partial charge in [0.15, 0.2) is 6.61 Å². The van der Waals surface area contributed by atoms with Gasteiger partial charge in [0.2, 0.25) is 0 Å². The number of carbonyl (C=O) groups is 1. The van der Waals surface area contributed by atoms with Gasteiger partial charge in [0.05, 0.1) is 12.1 Å². The number of ether oxygens (including phenoxy) is 2. The third kappa shape index (κ3) is 5.00. The Bertz CT molecular complexity index is 898. The first-order valence-corrected chi connectivity index (χ1v) is 9.19. The Kier molecular flexibility index (Phi) is 5.97. The van der Waals surface area contributed by atoms with Gasteiger partial charge in [-0.2, -0.15) is 0 Å². The molecule has 0 fully saturated rings. The number of amides is 1. The second kappa shape index (κ2) is 8.58. The lowest BCUT2D eigenvalue weighted by atomic mass is 10.1. The summed E-state index contributed by atoms with van der Waals surface area (Å²) in [7, 11) is 0. The number of carbonyl (C=O) groups excluding carboxylic acids is 1. The second-order valence-electron chi connectivity index (χ2n) is 6.79. The van der Waals surface area contributed by atoms with E-state index in [1.165, 1.54) is 0 Å². The van der Waals surface area contributed by atoms with E-state index in [1.807, 2.05) is 87.5 Å². The van der Waals surface area contributed by atoms with Crippen molar-refractivity contribution in [2.45, 2.75) is 32.9 Å². The van der Waals surface area contributed by atoms with Gasteiger partial charge in [-0.3, -0.25) is 4.79 Å². The van der Waals surface area contributed by atoms with Crippen LogP contribution in [-0.4, -0.2) is 18.6 Å². The predicted octanol–water partition coefficient (Wildman–Crippen LogP) is 4.88. The Labute approximate surface area is 160 Å². The number of fused-ring (bicyclic) bond motifs is 1. The molecule has 0 saturated carbocycles. The van der Waals surface area contributed by atoms with Crippen molar-refractivity contribution in [3.05, 3.63) is 72.3 Å². The lowest BCUT2D eigenvalue weighted by molar-refractivity contribution is -0.123. The number of hydrogen-bond acceptors (Lipinski definition) is 3. The monoisotopic (exact) mass is 363 g/mol. The summed E-state index contributed by atoms with van der Waals surface area (Å²) >= 11 is 0. The van der Waals surface area contributed by atoms with Gasteiger partial charge in [-0.1, -0.05) is 48.5 Å². The Balaban J connectivity index is 1.57. The fraction of sp³-hybridized carbons (Fsp3) is 0.261. The zero-order chi connectivity index (χ0) is 19.2. The molecular weight excluding hydrogens is 338 g/mol. The van der Waals surface area contributed by atoms with E-state index >= 15 is 0 Å². The van der Waals surface area contributed by atoms with Gasteiger partial charge in [-0.25, -0.2) is 0 Å². The Morgan fingerprint density at radius 2 is 1.63 bits per heavy atom. The maximum atomic E-state index is 12.3. The van der Waals surface area contributed by atoms with Gasteiger partial charge in [0, 0.05) is 5.39 Å². The van der Waals surface area contributed by atoms with Gasteiger partial charge < -0.3 is 14.8 Å². The Morgan fingerprint density at radius 1 is 0.926 bits per heavy atom. The first kappa shape index (κ1) is 18.8. The minimum atomic E-state index is -0.155. The summed E-state index contributed by atoms with van der Waals surface area (Å²) < 4.78 is 11.4. The fourth-order valence-electron chi connectivity index (χ4n) is 2.94. The number of nitrogens with one attached hydrogen (secondary N) is 1. The molecule has 3 rings (SSSR count). The minimum Gasteiger partial charge on any atom is -0.491 e. The van der Waals surface area contributed by atoms with Crippen LogP contribution in [0.5, 0.6) is 11.5 Å². The number of benzene rings is 3. The summed E-state index contributed by atoms with van der Waals surface area (Å²) in [5.74, 6) is 1.38. The molecule has 0 saturated heterocycles. The molecule has 1 amide bonds. The molecule has 0 spiro atoms. The highest BCUT2D eigenvalue weighted by atomic mass is 16.5. The van der Waals surface area contributed by atoms with Crippen molar-refractivity contribution < 1.29 is 14.3 Å². The molecule has 27 heavy (non-hydrogen) atoms. The highest BCUT2D eigenvalue weighted by molar-refractivity contribution is 5.88. The molecule has 4 nitrogen and oxygen atoms in total. The topological polar surface area (TPSA) is 47.6 Å². The average Bonchev–Trinajstić information content (AvgIpc) is 2.66. The van der Waals surface area contributed by atoms with E-state index in [9.17, 15) is 4.79 Å². The molecule has 1 unspecified atom stereocenters. The second-order valence-corrected chi connectivity index (χ2v) is 6.79. The van der Waals surface area contributed by atoms with Gasteiger partial charge >= 0.3 is 0 Å². The lowest BCUT2D eigenvalue weighted by Crippen LogP contribution is -2.31. The van der Waals surface area contributed by atoms with Crippen molar-refractivity contribution in [3.63, 3.8) is 0 Å². The van der Waals surface area contributed by atoms with E-state index in [2.05, 4.69) is 5.32 Å². The van der Waals surface area contributed by atoms with E-state index in [1.54, 1.807) is 0 Å². The zero-order valence-corrected chi connectivity index (χ0v) is 15.9. The standard InChI is InChI=1S/C23H25NO3/c1-16(2)27-20-13-11-18(12-14-20)17(3)24-23(25)15-26-22-10-6-8-19-7-4-5-9-21(19)22/h4-14,16-17H,15H2,1-3H3,(H,24,25). The molecule has 4 heteroatoms. The van der Waals surface area contributed by atoms with Crippen LogP contribution >= 0.6 is 0 Å². The molecular formula is C23H25NO3. The molecule has 140 valence electrons. The van der Waals surface area contributed by atoms with Crippen LogP contribution in [0.3, 0.4) is 0 Å². The SMILES string of the molecule is CC(C)Oc1ccc(C(C)NC(=O)COc2cccc3ccccc23)cc1. The minimum absolute atomic E-state index is 0.0209. The Morgan fingerprint density at radius 3 is 2.37 bits per heavy atom. The summed E-state index contributed by atoms with van der Waals surface area (Å²) in [5, 5.41) is 5.06. The molecule has 1 N–H and O–H groups in total. The van der Waals surface area contributed by atoms with Crippen molar-refractivity contribution in [3.8, 4) is 11.5 Å². The predicted molar refractivity (Wildman–Crippen MR) is 108 cm³/mol. The van der Waals surface area contributed by atoms with Crippen molar-refractivity contribution in [1.29, 1.82) is 0 Å². The van der Waals surface area contributed by atoms with Crippen LogP contribution in [0.1, 0.15) is 32.4 Å². The van der Waals surface area contributed by atoms with Gasteiger partial charge in [-0.15, -0.1) is 0 Å². The van der Waals surface area contributed by atoms with Crippen LogP contribution in [0.15, 0.2) is 66.7 Å². The highest BCUT2D eigenvalue weighted by Gasteiger charge is 2.11. The van der Waals surface area contributed by atoms with Crippen LogP contribution in [-0.2, 0) is 4.79 Å². The molecule has 3 aromatic carbocycles. The quantitative estimate of drug-likeness (QED) is 0.650. The van der Waals surface area contributed by atoms with E-state index < -0.39 is 0 Å². The smallest absolute Gasteiger partial charge is 0.258 e. The van der Waals surface area contributed by atoms with Gasteiger partial charge in [0.25, 0.3) is 5.91 Å². The van der Waals surface area contributed by atoms with Gasteiger partial charge in [0.1, 0.15) is 11.5 Å². The summed E-state index contributed by atoms with van der Waals surface area (Å²) in [6.07, 6.45) is 0.138. The highest BCUT2D eigenvalue weighted by Crippen LogP contribution is 2.25. The molecule has 3 aromatic rings. The van der Waals surface area contributed by atoms with Crippen LogP contribution in [0.4, 0.5) is 0 Å². The summed E-state index contributed by atoms with van der Waals surface area (Å²) in [6, 6.07) is 21.5. The Hall–Kier alpha value is -3.01. The molecule has 1 atom stereocenters. The molecule has 0 aliphatic heterocycles. The molecule has 0 radical (unpaired) electrons. The first-order valence-electron chi connectivity index (χ1n) is 9.19. The van der Waals surface area contributed by atoms with Crippen LogP contribution in [0.2, 0.25) is 0 Å².